The predicted molar refractivity (Wildman–Crippen MR) is 76.5 cm³/mol. The number of rotatable bonds is 3. The molecule has 20 heavy (non-hydrogen) atoms. The first kappa shape index (κ1) is 13.1. The fourth-order valence-corrected chi connectivity index (χ4v) is 2.99. The van der Waals surface area contributed by atoms with E-state index in [1.165, 1.54) is 6.42 Å². The van der Waals surface area contributed by atoms with E-state index in [0.29, 0.717) is 5.69 Å². The van der Waals surface area contributed by atoms with E-state index in [2.05, 4.69) is 15.5 Å². The maximum atomic E-state index is 12.4. The van der Waals surface area contributed by atoms with Gasteiger partial charge in [0.05, 0.1) is 17.7 Å². The van der Waals surface area contributed by atoms with Crippen LogP contribution in [0.5, 0.6) is 0 Å². The maximum absolute atomic E-state index is 12.4. The quantitative estimate of drug-likeness (QED) is 0.800. The Morgan fingerprint density at radius 2 is 2.05 bits per heavy atom. The van der Waals surface area contributed by atoms with Gasteiger partial charge in [0.2, 0.25) is 0 Å². The molecule has 2 aromatic rings. The molecule has 0 aliphatic heterocycles. The molecule has 1 aromatic carbocycles. The second-order valence-corrected chi connectivity index (χ2v) is 5.57. The van der Waals surface area contributed by atoms with E-state index in [4.69, 9.17) is 0 Å². The number of carbonyl (C=O) groups excluding carboxylic acids is 1. The molecule has 1 saturated carbocycles. The Morgan fingerprint density at radius 1 is 1.30 bits per heavy atom. The summed E-state index contributed by atoms with van der Waals surface area (Å²) >= 11 is 0. The summed E-state index contributed by atoms with van der Waals surface area (Å²) in [6, 6.07) is 7.55. The maximum Gasteiger partial charge on any atom is 0.272 e. The van der Waals surface area contributed by atoms with Gasteiger partial charge in [-0.15, -0.1) is 0 Å². The molecule has 1 aromatic heterocycles. The number of amides is 1. The van der Waals surface area contributed by atoms with E-state index in [1.807, 2.05) is 24.3 Å². The van der Waals surface area contributed by atoms with Crippen LogP contribution in [0.15, 0.2) is 24.3 Å². The van der Waals surface area contributed by atoms with E-state index in [-0.39, 0.29) is 12.5 Å². The number of benzene rings is 1. The van der Waals surface area contributed by atoms with Crippen molar-refractivity contribution in [2.24, 2.45) is 0 Å². The van der Waals surface area contributed by atoms with Gasteiger partial charge in [0.15, 0.2) is 5.69 Å². The summed E-state index contributed by atoms with van der Waals surface area (Å²) in [5.41, 5.74) is 0.772. The van der Waals surface area contributed by atoms with Crippen molar-refractivity contribution in [2.45, 2.75) is 37.6 Å². The first-order valence-electron chi connectivity index (χ1n) is 7.11. The lowest BCUT2D eigenvalue weighted by Crippen LogP contribution is -2.52. The van der Waals surface area contributed by atoms with Gasteiger partial charge in [0.25, 0.3) is 5.91 Å². The Kier molecular flexibility index (Phi) is 3.44. The molecule has 0 spiro atoms. The number of hydrogen-bond donors (Lipinski definition) is 3. The van der Waals surface area contributed by atoms with E-state index in [1.54, 1.807) is 0 Å². The first-order chi connectivity index (χ1) is 9.74. The average Bonchev–Trinajstić information content (AvgIpc) is 2.92. The molecular formula is C15H19N3O2. The predicted octanol–water partition coefficient (Wildman–Crippen LogP) is 1.99. The molecule has 1 aliphatic carbocycles. The SMILES string of the molecule is O=C(NC1(CO)CCCCC1)c1n[nH]c2ccccc12. The second kappa shape index (κ2) is 5.25. The molecule has 5 heteroatoms. The van der Waals surface area contributed by atoms with Crippen LogP contribution in [-0.2, 0) is 0 Å². The third-order valence-electron chi connectivity index (χ3n) is 4.18. The van der Waals surface area contributed by atoms with Crippen LogP contribution in [-0.4, -0.2) is 33.4 Å². The van der Waals surface area contributed by atoms with Crippen molar-refractivity contribution in [3.63, 3.8) is 0 Å². The molecule has 106 valence electrons. The number of aromatic amines is 1. The molecule has 1 amide bonds. The fourth-order valence-electron chi connectivity index (χ4n) is 2.99. The third kappa shape index (κ3) is 2.29. The Balaban J connectivity index is 1.85. The van der Waals surface area contributed by atoms with Crippen molar-refractivity contribution >= 4 is 16.8 Å². The smallest absolute Gasteiger partial charge is 0.272 e. The van der Waals surface area contributed by atoms with Gasteiger partial charge in [-0.2, -0.15) is 5.10 Å². The van der Waals surface area contributed by atoms with Crippen molar-refractivity contribution < 1.29 is 9.90 Å². The summed E-state index contributed by atoms with van der Waals surface area (Å²) in [5.74, 6) is -0.210. The highest BCUT2D eigenvalue weighted by atomic mass is 16.3. The third-order valence-corrected chi connectivity index (χ3v) is 4.18. The molecule has 1 fully saturated rings. The van der Waals surface area contributed by atoms with Crippen molar-refractivity contribution in [3.8, 4) is 0 Å². The summed E-state index contributed by atoms with van der Waals surface area (Å²) in [7, 11) is 0. The minimum Gasteiger partial charge on any atom is -0.394 e. The number of aliphatic hydroxyl groups is 1. The lowest BCUT2D eigenvalue weighted by Gasteiger charge is -2.36. The zero-order valence-electron chi connectivity index (χ0n) is 11.4. The molecule has 0 saturated heterocycles. The Labute approximate surface area is 117 Å². The molecule has 0 unspecified atom stereocenters. The number of nitrogens with zero attached hydrogens (tertiary/aromatic N) is 1. The minimum absolute atomic E-state index is 0.0128. The number of aliphatic hydroxyl groups excluding tert-OH is 1. The molecule has 0 radical (unpaired) electrons. The number of hydrogen-bond acceptors (Lipinski definition) is 3. The Morgan fingerprint density at radius 3 is 2.80 bits per heavy atom. The van der Waals surface area contributed by atoms with Crippen molar-refractivity contribution in [3.05, 3.63) is 30.0 Å². The summed E-state index contributed by atoms with van der Waals surface area (Å²) in [6.45, 7) is -0.0128. The van der Waals surface area contributed by atoms with Crippen molar-refractivity contribution in [1.82, 2.24) is 15.5 Å². The Hall–Kier alpha value is -1.88. The standard InChI is InChI=1S/C15H19N3O2/c19-10-15(8-4-1-5-9-15)16-14(20)13-11-6-2-3-7-12(11)17-18-13/h2-3,6-7,19H,1,4-5,8-10H2,(H,16,20)(H,17,18). The van der Waals surface area contributed by atoms with Crippen LogP contribution in [0.4, 0.5) is 0 Å². The van der Waals surface area contributed by atoms with Gasteiger partial charge in [0.1, 0.15) is 0 Å². The van der Waals surface area contributed by atoms with Gasteiger partial charge in [-0.3, -0.25) is 9.89 Å². The normalized spacial score (nSPS) is 18.1. The lowest BCUT2D eigenvalue weighted by molar-refractivity contribution is 0.0755. The molecular weight excluding hydrogens is 254 g/mol. The average molecular weight is 273 g/mol. The zero-order valence-corrected chi connectivity index (χ0v) is 11.4. The van der Waals surface area contributed by atoms with E-state index in [0.717, 1.165) is 36.6 Å². The summed E-state index contributed by atoms with van der Waals surface area (Å²) in [6.07, 6.45) is 4.92. The second-order valence-electron chi connectivity index (χ2n) is 5.57. The van der Waals surface area contributed by atoms with Gasteiger partial charge in [-0.25, -0.2) is 0 Å². The molecule has 3 N–H and O–H groups in total. The van der Waals surface area contributed by atoms with Gasteiger partial charge in [-0.1, -0.05) is 37.5 Å². The summed E-state index contributed by atoms with van der Waals surface area (Å²) in [5, 5.41) is 20.4. The van der Waals surface area contributed by atoms with Crippen LogP contribution in [0.1, 0.15) is 42.6 Å². The van der Waals surface area contributed by atoms with Crippen molar-refractivity contribution in [1.29, 1.82) is 0 Å². The lowest BCUT2D eigenvalue weighted by atomic mass is 9.82. The number of aromatic nitrogens is 2. The largest absolute Gasteiger partial charge is 0.394 e. The molecule has 0 atom stereocenters. The fraction of sp³-hybridized carbons (Fsp3) is 0.467. The topological polar surface area (TPSA) is 78.0 Å². The highest BCUT2D eigenvalue weighted by molar-refractivity contribution is 6.04. The molecule has 1 aliphatic rings. The number of nitrogens with one attached hydrogen (secondary N) is 2. The minimum atomic E-state index is -0.477. The number of fused-ring (bicyclic) bond motifs is 1. The van der Waals surface area contributed by atoms with Crippen LogP contribution in [0.25, 0.3) is 10.9 Å². The van der Waals surface area contributed by atoms with Gasteiger partial charge in [0, 0.05) is 5.39 Å². The molecule has 3 rings (SSSR count). The highest BCUT2D eigenvalue weighted by Crippen LogP contribution is 2.28. The molecule has 5 nitrogen and oxygen atoms in total. The van der Waals surface area contributed by atoms with Crippen LogP contribution >= 0.6 is 0 Å². The number of carbonyl (C=O) groups is 1. The van der Waals surface area contributed by atoms with Crippen LogP contribution in [0.2, 0.25) is 0 Å². The van der Waals surface area contributed by atoms with Crippen LogP contribution in [0, 0.1) is 0 Å². The van der Waals surface area contributed by atoms with Crippen LogP contribution < -0.4 is 5.32 Å². The van der Waals surface area contributed by atoms with E-state index < -0.39 is 5.54 Å². The Bertz CT molecular complexity index is 614. The van der Waals surface area contributed by atoms with Gasteiger partial charge < -0.3 is 10.4 Å². The summed E-state index contributed by atoms with van der Waals surface area (Å²) in [4.78, 5) is 12.4. The number of para-hydroxylation sites is 1. The molecule has 1 heterocycles. The van der Waals surface area contributed by atoms with Crippen molar-refractivity contribution in [2.75, 3.05) is 6.61 Å². The van der Waals surface area contributed by atoms with E-state index >= 15 is 0 Å². The van der Waals surface area contributed by atoms with E-state index in [9.17, 15) is 9.90 Å². The first-order valence-corrected chi connectivity index (χ1v) is 7.11. The zero-order chi connectivity index (χ0) is 14.0. The number of H-pyrrole nitrogens is 1. The van der Waals surface area contributed by atoms with Gasteiger partial charge in [-0.05, 0) is 18.9 Å². The molecule has 0 bridgehead atoms. The highest BCUT2D eigenvalue weighted by Gasteiger charge is 2.33. The summed E-state index contributed by atoms with van der Waals surface area (Å²) < 4.78 is 0. The van der Waals surface area contributed by atoms with Crippen LogP contribution in [0.3, 0.4) is 0 Å². The monoisotopic (exact) mass is 273 g/mol. The van der Waals surface area contributed by atoms with Gasteiger partial charge >= 0.3 is 0 Å².